The number of rotatable bonds is 4. The van der Waals surface area contributed by atoms with Gasteiger partial charge in [0.15, 0.2) is 0 Å². The smallest absolute Gasteiger partial charge is 0.417 e. The van der Waals surface area contributed by atoms with Gasteiger partial charge in [0.05, 0.1) is 18.9 Å². The van der Waals surface area contributed by atoms with E-state index in [4.69, 9.17) is 4.74 Å². The Morgan fingerprint density at radius 1 is 1.14 bits per heavy atom. The molecule has 4 nitrogen and oxygen atoms in total. The summed E-state index contributed by atoms with van der Waals surface area (Å²) in [6.45, 7) is 0. The number of nitrogens with zero attached hydrogens (tertiary/aromatic N) is 2. The molecule has 0 atom stereocenters. The van der Waals surface area contributed by atoms with Crippen LogP contribution in [0.15, 0.2) is 47.7 Å². The maximum Gasteiger partial charge on any atom is 0.417 e. The van der Waals surface area contributed by atoms with Gasteiger partial charge in [0.25, 0.3) is 0 Å². The first-order valence-corrected chi connectivity index (χ1v) is 5.95. The molecule has 1 heterocycles. The number of aromatic nitrogens is 1. The van der Waals surface area contributed by atoms with Gasteiger partial charge in [-0.3, -0.25) is 5.43 Å². The van der Waals surface area contributed by atoms with Gasteiger partial charge in [-0.1, -0.05) is 0 Å². The Balaban J connectivity index is 1.97. The van der Waals surface area contributed by atoms with Crippen molar-refractivity contribution in [3.05, 3.63) is 53.7 Å². The molecule has 0 radical (unpaired) electrons. The highest BCUT2D eigenvalue weighted by Gasteiger charge is 2.30. The third-order valence-electron chi connectivity index (χ3n) is 2.60. The summed E-state index contributed by atoms with van der Waals surface area (Å²) < 4.78 is 42.1. The molecule has 0 aliphatic heterocycles. The molecule has 0 unspecified atom stereocenters. The van der Waals surface area contributed by atoms with Gasteiger partial charge in [-0.2, -0.15) is 18.3 Å². The number of anilines is 1. The lowest BCUT2D eigenvalue weighted by Crippen LogP contribution is -2.05. The number of halogens is 3. The highest BCUT2D eigenvalue weighted by molar-refractivity contribution is 5.80. The van der Waals surface area contributed by atoms with Crippen molar-refractivity contribution in [2.24, 2.45) is 5.10 Å². The van der Waals surface area contributed by atoms with Crippen LogP contribution in [0.3, 0.4) is 0 Å². The fourth-order valence-electron chi connectivity index (χ4n) is 1.49. The van der Waals surface area contributed by atoms with Gasteiger partial charge in [0.2, 0.25) is 0 Å². The van der Waals surface area contributed by atoms with Crippen LogP contribution in [-0.4, -0.2) is 18.3 Å². The van der Waals surface area contributed by atoms with Crippen LogP contribution < -0.4 is 10.2 Å². The van der Waals surface area contributed by atoms with E-state index < -0.39 is 11.7 Å². The third kappa shape index (κ3) is 4.20. The van der Waals surface area contributed by atoms with Crippen LogP contribution in [0.4, 0.5) is 19.0 Å². The number of pyridine rings is 1. The Morgan fingerprint density at radius 2 is 1.86 bits per heavy atom. The van der Waals surface area contributed by atoms with Crippen molar-refractivity contribution in [1.29, 1.82) is 0 Å². The zero-order valence-corrected chi connectivity index (χ0v) is 11.1. The minimum absolute atomic E-state index is 0.229. The lowest BCUT2D eigenvalue weighted by atomic mass is 10.2. The molecule has 21 heavy (non-hydrogen) atoms. The van der Waals surface area contributed by atoms with E-state index in [1.54, 1.807) is 31.4 Å². The van der Waals surface area contributed by atoms with Crippen LogP contribution in [0.1, 0.15) is 11.1 Å². The van der Waals surface area contributed by atoms with E-state index in [0.717, 1.165) is 23.6 Å². The number of hydrazone groups is 1. The Labute approximate surface area is 119 Å². The normalized spacial score (nSPS) is 11.6. The van der Waals surface area contributed by atoms with E-state index in [-0.39, 0.29) is 5.82 Å². The van der Waals surface area contributed by atoms with Crippen molar-refractivity contribution >= 4 is 12.0 Å². The van der Waals surface area contributed by atoms with Crippen LogP contribution in [0.2, 0.25) is 0 Å². The third-order valence-corrected chi connectivity index (χ3v) is 2.60. The number of methoxy groups -OCH3 is 1. The SMILES string of the molecule is COc1ccc(/C=N/Nc2ccc(C(F)(F)F)cn2)cc1. The monoisotopic (exact) mass is 295 g/mol. The average molecular weight is 295 g/mol. The van der Waals surface area contributed by atoms with Crippen molar-refractivity contribution in [2.45, 2.75) is 6.18 Å². The molecular formula is C14H12F3N3O. The van der Waals surface area contributed by atoms with E-state index in [9.17, 15) is 13.2 Å². The van der Waals surface area contributed by atoms with E-state index in [1.807, 2.05) is 0 Å². The summed E-state index contributed by atoms with van der Waals surface area (Å²) in [5.41, 5.74) is 2.58. The van der Waals surface area contributed by atoms with Gasteiger partial charge < -0.3 is 4.74 Å². The Kier molecular flexibility index (Phi) is 4.42. The number of ether oxygens (including phenoxy) is 1. The molecule has 0 spiro atoms. The van der Waals surface area contributed by atoms with Crippen LogP contribution in [0, 0.1) is 0 Å². The summed E-state index contributed by atoms with van der Waals surface area (Å²) in [6.07, 6.45) is -2.11. The molecule has 1 N–H and O–H groups in total. The van der Waals surface area contributed by atoms with Gasteiger partial charge in [0, 0.05) is 6.20 Å². The summed E-state index contributed by atoms with van der Waals surface area (Å²) in [7, 11) is 1.57. The minimum Gasteiger partial charge on any atom is -0.497 e. The average Bonchev–Trinajstić information content (AvgIpc) is 2.47. The summed E-state index contributed by atoms with van der Waals surface area (Å²) >= 11 is 0. The van der Waals surface area contributed by atoms with Gasteiger partial charge in [-0.05, 0) is 42.0 Å². The fraction of sp³-hybridized carbons (Fsp3) is 0.143. The molecule has 1 aromatic carbocycles. The Bertz CT molecular complexity index is 607. The fourth-order valence-corrected chi connectivity index (χ4v) is 1.49. The van der Waals surface area contributed by atoms with E-state index in [1.165, 1.54) is 12.3 Å². The topological polar surface area (TPSA) is 46.5 Å². The van der Waals surface area contributed by atoms with Crippen molar-refractivity contribution in [2.75, 3.05) is 12.5 Å². The standard InChI is InChI=1S/C14H12F3N3O/c1-21-12-5-2-10(3-6-12)8-19-20-13-7-4-11(9-18-13)14(15,16)17/h2-9H,1H3,(H,18,20)/b19-8+. The van der Waals surface area contributed by atoms with E-state index in [2.05, 4.69) is 15.5 Å². The van der Waals surface area contributed by atoms with Gasteiger partial charge >= 0.3 is 6.18 Å². The number of hydrogen-bond donors (Lipinski definition) is 1. The summed E-state index contributed by atoms with van der Waals surface area (Å²) in [4.78, 5) is 3.64. The number of benzene rings is 1. The van der Waals surface area contributed by atoms with E-state index >= 15 is 0 Å². The molecule has 0 bridgehead atoms. The summed E-state index contributed by atoms with van der Waals surface area (Å²) in [6, 6.07) is 9.30. The number of hydrogen-bond acceptors (Lipinski definition) is 4. The van der Waals surface area contributed by atoms with Crippen LogP contribution >= 0.6 is 0 Å². The van der Waals surface area contributed by atoms with Crippen molar-refractivity contribution in [3.8, 4) is 5.75 Å². The molecule has 7 heteroatoms. The van der Waals surface area contributed by atoms with Crippen molar-refractivity contribution in [3.63, 3.8) is 0 Å². The minimum atomic E-state index is -4.39. The molecule has 0 saturated heterocycles. The van der Waals surface area contributed by atoms with Crippen LogP contribution in [-0.2, 0) is 6.18 Å². The Morgan fingerprint density at radius 3 is 2.38 bits per heavy atom. The second kappa shape index (κ2) is 6.25. The quantitative estimate of drug-likeness (QED) is 0.693. The zero-order valence-electron chi connectivity index (χ0n) is 11.1. The van der Waals surface area contributed by atoms with Crippen molar-refractivity contribution in [1.82, 2.24) is 4.98 Å². The number of alkyl halides is 3. The first kappa shape index (κ1) is 14.8. The number of nitrogens with one attached hydrogen (secondary N) is 1. The highest BCUT2D eigenvalue weighted by atomic mass is 19.4. The lowest BCUT2D eigenvalue weighted by molar-refractivity contribution is -0.137. The highest BCUT2D eigenvalue weighted by Crippen LogP contribution is 2.28. The molecule has 1 aromatic heterocycles. The molecular weight excluding hydrogens is 283 g/mol. The second-order valence-corrected chi connectivity index (χ2v) is 4.07. The lowest BCUT2D eigenvalue weighted by Gasteiger charge is -2.06. The molecule has 0 aliphatic rings. The summed E-state index contributed by atoms with van der Waals surface area (Å²) in [5, 5.41) is 3.90. The maximum atomic E-state index is 12.4. The first-order valence-electron chi connectivity index (χ1n) is 5.95. The van der Waals surface area contributed by atoms with Gasteiger partial charge in [-0.25, -0.2) is 4.98 Å². The Hall–Kier alpha value is -2.57. The molecule has 0 fully saturated rings. The molecule has 2 aromatic rings. The van der Waals surface area contributed by atoms with E-state index in [0.29, 0.717) is 0 Å². The predicted molar refractivity (Wildman–Crippen MR) is 73.4 cm³/mol. The first-order chi connectivity index (χ1) is 9.99. The summed E-state index contributed by atoms with van der Waals surface area (Å²) in [5.74, 6) is 0.956. The molecule has 2 rings (SSSR count). The molecule has 110 valence electrons. The van der Waals surface area contributed by atoms with Crippen LogP contribution in [0.25, 0.3) is 0 Å². The second-order valence-electron chi connectivity index (χ2n) is 4.07. The van der Waals surface area contributed by atoms with Crippen molar-refractivity contribution < 1.29 is 17.9 Å². The molecule has 0 aliphatic carbocycles. The zero-order chi connectivity index (χ0) is 15.3. The van der Waals surface area contributed by atoms with Gasteiger partial charge in [0.1, 0.15) is 11.6 Å². The van der Waals surface area contributed by atoms with Crippen LogP contribution in [0.5, 0.6) is 5.75 Å². The molecule has 0 saturated carbocycles. The largest absolute Gasteiger partial charge is 0.497 e. The predicted octanol–water partition coefficient (Wildman–Crippen LogP) is 3.56. The van der Waals surface area contributed by atoms with Gasteiger partial charge in [-0.15, -0.1) is 0 Å². The molecule has 0 amide bonds. The maximum absolute atomic E-state index is 12.4.